The van der Waals surface area contributed by atoms with Crippen LogP contribution in [0.25, 0.3) is 0 Å². The molecule has 0 bridgehead atoms. The fraction of sp³-hybridized carbons (Fsp3) is 0.769. The molecule has 0 aliphatic heterocycles. The fourth-order valence-corrected chi connectivity index (χ4v) is 1.46. The van der Waals surface area contributed by atoms with Crippen molar-refractivity contribution in [3.05, 3.63) is 0 Å². The molecular weight excluding hydrogens is 186 g/mol. The van der Waals surface area contributed by atoms with Gasteiger partial charge in [-0.15, -0.1) is 6.42 Å². The lowest BCUT2D eigenvalue weighted by atomic mass is 9.83. The minimum absolute atomic E-state index is 0.0567. The Morgan fingerprint density at radius 3 is 2.33 bits per heavy atom. The minimum atomic E-state index is 0.0567. The fourth-order valence-electron chi connectivity index (χ4n) is 1.46. The molecule has 0 heterocycles. The summed E-state index contributed by atoms with van der Waals surface area (Å²) in [6.45, 7) is 10.1. The number of carbonyl (C=O) groups is 1. The molecule has 0 saturated carbocycles. The quantitative estimate of drug-likeness (QED) is 0.704. The molecule has 2 atom stereocenters. The summed E-state index contributed by atoms with van der Waals surface area (Å²) in [6, 6.07) is 0.341. The maximum absolute atomic E-state index is 11.0. The third kappa shape index (κ3) is 6.30. The second-order valence-electron chi connectivity index (χ2n) is 5.21. The van der Waals surface area contributed by atoms with Gasteiger partial charge in [0.2, 0.25) is 0 Å². The number of rotatable bonds is 5. The average Bonchev–Trinajstić information content (AvgIpc) is 2.09. The van der Waals surface area contributed by atoms with Crippen molar-refractivity contribution in [1.29, 1.82) is 0 Å². The van der Waals surface area contributed by atoms with Gasteiger partial charge in [0.25, 0.3) is 0 Å². The van der Waals surface area contributed by atoms with Crippen molar-refractivity contribution >= 4 is 5.78 Å². The Kier molecular flexibility index (Phi) is 5.60. The molecule has 2 nitrogen and oxygen atoms in total. The van der Waals surface area contributed by atoms with E-state index in [1.807, 2.05) is 6.92 Å². The summed E-state index contributed by atoms with van der Waals surface area (Å²) in [5, 5.41) is 3.37. The first kappa shape index (κ1) is 14.2. The molecule has 1 N–H and O–H groups in total. The van der Waals surface area contributed by atoms with Gasteiger partial charge in [0.15, 0.2) is 0 Å². The highest BCUT2D eigenvalue weighted by atomic mass is 16.1. The zero-order chi connectivity index (χ0) is 12.1. The predicted octanol–water partition coefficient (Wildman–Crippen LogP) is 2.38. The molecule has 0 aliphatic carbocycles. The van der Waals surface area contributed by atoms with E-state index in [0.29, 0.717) is 6.42 Å². The van der Waals surface area contributed by atoms with E-state index in [9.17, 15) is 4.79 Å². The zero-order valence-electron chi connectivity index (χ0n) is 10.6. The Morgan fingerprint density at radius 1 is 1.47 bits per heavy atom. The smallest absolute Gasteiger partial charge is 0.129 e. The predicted molar refractivity (Wildman–Crippen MR) is 64.6 cm³/mol. The van der Waals surface area contributed by atoms with Gasteiger partial charge in [-0.25, -0.2) is 0 Å². The SMILES string of the molecule is C#CC(C)NC(CCC(C)=O)C(C)(C)C. The first-order chi connectivity index (χ1) is 6.77. The lowest BCUT2D eigenvalue weighted by molar-refractivity contribution is -0.117. The van der Waals surface area contributed by atoms with Crippen LogP contribution in [0.2, 0.25) is 0 Å². The lowest BCUT2D eigenvalue weighted by Gasteiger charge is -2.32. The van der Waals surface area contributed by atoms with Gasteiger partial charge < -0.3 is 10.1 Å². The van der Waals surface area contributed by atoms with Crippen LogP contribution in [0.4, 0.5) is 0 Å². The van der Waals surface area contributed by atoms with E-state index in [-0.39, 0.29) is 23.3 Å². The van der Waals surface area contributed by atoms with Crippen LogP contribution < -0.4 is 5.32 Å². The van der Waals surface area contributed by atoms with E-state index < -0.39 is 0 Å². The zero-order valence-corrected chi connectivity index (χ0v) is 10.6. The van der Waals surface area contributed by atoms with Gasteiger partial charge >= 0.3 is 0 Å². The Bertz CT molecular complexity index is 244. The molecule has 0 rings (SSSR count). The van der Waals surface area contributed by atoms with Gasteiger partial charge in [-0.1, -0.05) is 26.7 Å². The normalized spacial score (nSPS) is 15.5. The summed E-state index contributed by atoms with van der Waals surface area (Å²) in [6.07, 6.45) is 6.81. The minimum Gasteiger partial charge on any atom is -0.301 e. The Hall–Kier alpha value is -0.810. The number of carbonyl (C=O) groups excluding carboxylic acids is 1. The summed E-state index contributed by atoms with van der Waals surface area (Å²) in [4.78, 5) is 11.0. The van der Waals surface area contributed by atoms with E-state index in [0.717, 1.165) is 6.42 Å². The van der Waals surface area contributed by atoms with E-state index >= 15 is 0 Å². The number of nitrogens with one attached hydrogen (secondary N) is 1. The van der Waals surface area contributed by atoms with E-state index in [4.69, 9.17) is 6.42 Å². The van der Waals surface area contributed by atoms with Crippen LogP contribution in [0.5, 0.6) is 0 Å². The topological polar surface area (TPSA) is 29.1 Å². The van der Waals surface area contributed by atoms with Gasteiger partial charge in [-0.3, -0.25) is 0 Å². The maximum Gasteiger partial charge on any atom is 0.129 e. The van der Waals surface area contributed by atoms with Gasteiger partial charge in [-0.2, -0.15) is 0 Å². The van der Waals surface area contributed by atoms with Crippen molar-refractivity contribution in [2.24, 2.45) is 5.41 Å². The van der Waals surface area contributed by atoms with Crippen molar-refractivity contribution in [3.63, 3.8) is 0 Å². The van der Waals surface area contributed by atoms with Gasteiger partial charge in [0, 0.05) is 12.5 Å². The molecule has 0 aromatic heterocycles. The Morgan fingerprint density at radius 2 is 2.00 bits per heavy atom. The van der Waals surface area contributed by atoms with Crippen LogP contribution in [0.1, 0.15) is 47.5 Å². The molecular formula is C13H23NO. The van der Waals surface area contributed by atoms with E-state index in [1.165, 1.54) is 0 Å². The number of terminal acetylenes is 1. The van der Waals surface area contributed by atoms with Crippen molar-refractivity contribution in [3.8, 4) is 12.3 Å². The second kappa shape index (κ2) is 5.92. The number of hydrogen-bond donors (Lipinski definition) is 1. The Balaban J connectivity index is 4.34. The maximum atomic E-state index is 11.0. The highest BCUT2D eigenvalue weighted by molar-refractivity contribution is 5.75. The van der Waals surface area contributed by atoms with Crippen LogP contribution in [0.15, 0.2) is 0 Å². The van der Waals surface area contributed by atoms with Crippen molar-refractivity contribution in [2.75, 3.05) is 0 Å². The van der Waals surface area contributed by atoms with Crippen LogP contribution in [-0.2, 0) is 4.79 Å². The number of ketones is 1. The van der Waals surface area contributed by atoms with Crippen LogP contribution in [0.3, 0.4) is 0 Å². The second-order valence-corrected chi connectivity index (χ2v) is 5.21. The summed E-state index contributed by atoms with van der Waals surface area (Å²) >= 11 is 0. The van der Waals surface area contributed by atoms with Crippen LogP contribution >= 0.6 is 0 Å². The number of Topliss-reactive ketones (excluding diaryl/α,β-unsaturated/α-hetero) is 1. The molecule has 0 aliphatic rings. The number of hydrogen-bond acceptors (Lipinski definition) is 2. The molecule has 0 amide bonds. The molecule has 0 aromatic carbocycles. The first-order valence-electron chi connectivity index (χ1n) is 5.49. The van der Waals surface area contributed by atoms with Gasteiger partial charge in [-0.05, 0) is 25.7 Å². The molecule has 2 heteroatoms. The van der Waals surface area contributed by atoms with Crippen LogP contribution in [-0.4, -0.2) is 17.9 Å². The summed E-state index contributed by atoms with van der Waals surface area (Å²) in [7, 11) is 0. The largest absolute Gasteiger partial charge is 0.301 e. The average molecular weight is 209 g/mol. The van der Waals surface area contributed by atoms with E-state index in [2.05, 4.69) is 32.0 Å². The van der Waals surface area contributed by atoms with Gasteiger partial charge in [0.05, 0.1) is 6.04 Å². The summed E-state index contributed by atoms with van der Waals surface area (Å²) in [5.41, 5.74) is 0.126. The first-order valence-corrected chi connectivity index (χ1v) is 5.49. The summed E-state index contributed by atoms with van der Waals surface area (Å²) < 4.78 is 0. The highest BCUT2D eigenvalue weighted by Crippen LogP contribution is 2.23. The van der Waals surface area contributed by atoms with Crippen molar-refractivity contribution < 1.29 is 4.79 Å². The van der Waals surface area contributed by atoms with Crippen molar-refractivity contribution in [2.45, 2.75) is 59.5 Å². The molecule has 2 unspecified atom stereocenters. The van der Waals surface area contributed by atoms with E-state index in [1.54, 1.807) is 6.92 Å². The van der Waals surface area contributed by atoms with Crippen LogP contribution in [0, 0.1) is 17.8 Å². The monoisotopic (exact) mass is 209 g/mol. The highest BCUT2D eigenvalue weighted by Gasteiger charge is 2.25. The standard InChI is InChI=1S/C13H23NO/c1-7-10(2)14-12(13(4,5)6)9-8-11(3)15/h1,10,12,14H,8-9H2,2-6H3. The lowest BCUT2D eigenvalue weighted by Crippen LogP contribution is -2.44. The molecule has 86 valence electrons. The van der Waals surface area contributed by atoms with Crippen molar-refractivity contribution in [1.82, 2.24) is 5.32 Å². The molecule has 0 saturated heterocycles. The molecule has 0 aromatic rings. The molecule has 0 spiro atoms. The van der Waals surface area contributed by atoms with Gasteiger partial charge in [0.1, 0.15) is 5.78 Å². The molecule has 15 heavy (non-hydrogen) atoms. The summed E-state index contributed by atoms with van der Waals surface area (Å²) in [5.74, 6) is 2.89. The third-order valence-corrected chi connectivity index (χ3v) is 2.53. The molecule has 0 fully saturated rings. The third-order valence-electron chi connectivity index (χ3n) is 2.53. The Labute approximate surface area is 93.8 Å². The molecule has 0 radical (unpaired) electrons.